The largest absolute Gasteiger partial charge is 0.496 e. The van der Waals surface area contributed by atoms with E-state index in [2.05, 4.69) is 11.4 Å². The van der Waals surface area contributed by atoms with Gasteiger partial charge in [0.15, 0.2) is 0 Å². The molecule has 0 aromatic heterocycles. The van der Waals surface area contributed by atoms with Gasteiger partial charge in [-0.2, -0.15) is 0 Å². The van der Waals surface area contributed by atoms with Crippen molar-refractivity contribution in [1.29, 1.82) is 0 Å². The van der Waals surface area contributed by atoms with E-state index in [1.807, 2.05) is 31.2 Å². The molecular formula is C18H20ClNO2. The number of halogens is 1. The predicted molar refractivity (Wildman–Crippen MR) is 90.8 cm³/mol. The molecule has 0 saturated carbocycles. The van der Waals surface area contributed by atoms with Gasteiger partial charge >= 0.3 is 0 Å². The predicted octanol–water partition coefficient (Wildman–Crippen LogP) is 4.62. The van der Waals surface area contributed by atoms with Gasteiger partial charge in [0.1, 0.15) is 5.75 Å². The standard InChI is InChI=1S/C18H20ClNO2/c1-13-12-14(10-11-17(13)22-2)6-5-9-18(21)20-16-8-4-3-7-15(16)19/h3-4,7-8,10-12H,5-6,9H2,1-2H3,(H,20,21). The molecule has 3 nitrogen and oxygen atoms in total. The van der Waals surface area contributed by atoms with Crippen LogP contribution in [0.1, 0.15) is 24.0 Å². The second kappa shape index (κ2) is 7.85. The zero-order chi connectivity index (χ0) is 15.9. The van der Waals surface area contributed by atoms with Crippen LogP contribution < -0.4 is 10.1 Å². The summed E-state index contributed by atoms with van der Waals surface area (Å²) < 4.78 is 5.24. The van der Waals surface area contributed by atoms with Gasteiger partial charge in [0.05, 0.1) is 17.8 Å². The van der Waals surface area contributed by atoms with Crippen LogP contribution in [0.25, 0.3) is 0 Å². The molecule has 1 amide bonds. The second-order valence-electron chi connectivity index (χ2n) is 5.19. The van der Waals surface area contributed by atoms with Crippen molar-refractivity contribution in [2.45, 2.75) is 26.2 Å². The Morgan fingerprint density at radius 2 is 2.00 bits per heavy atom. The molecule has 4 heteroatoms. The molecule has 0 heterocycles. The molecule has 0 bridgehead atoms. The molecule has 2 aromatic carbocycles. The third-order valence-electron chi connectivity index (χ3n) is 3.48. The molecule has 0 unspecified atom stereocenters. The van der Waals surface area contributed by atoms with Gasteiger partial charge in [-0.05, 0) is 49.1 Å². The minimum Gasteiger partial charge on any atom is -0.496 e. The summed E-state index contributed by atoms with van der Waals surface area (Å²) in [6.07, 6.45) is 2.12. The van der Waals surface area contributed by atoms with Crippen molar-refractivity contribution >= 4 is 23.2 Å². The van der Waals surface area contributed by atoms with Crippen LogP contribution in [0.15, 0.2) is 42.5 Å². The Labute approximate surface area is 136 Å². The van der Waals surface area contributed by atoms with Crippen molar-refractivity contribution in [2.75, 3.05) is 12.4 Å². The van der Waals surface area contributed by atoms with Gasteiger partial charge in [0.25, 0.3) is 0 Å². The summed E-state index contributed by atoms with van der Waals surface area (Å²) >= 11 is 6.02. The highest BCUT2D eigenvalue weighted by molar-refractivity contribution is 6.33. The van der Waals surface area contributed by atoms with Gasteiger partial charge < -0.3 is 10.1 Å². The number of carbonyl (C=O) groups excluding carboxylic acids is 1. The zero-order valence-electron chi connectivity index (χ0n) is 12.9. The van der Waals surface area contributed by atoms with Crippen molar-refractivity contribution in [3.63, 3.8) is 0 Å². The number of methoxy groups -OCH3 is 1. The molecule has 0 atom stereocenters. The average molecular weight is 318 g/mol. The Kier molecular flexibility index (Phi) is 5.84. The quantitative estimate of drug-likeness (QED) is 0.844. The zero-order valence-corrected chi connectivity index (χ0v) is 13.6. The van der Waals surface area contributed by atoms with Crippen LogP contribution in [0.3, 0.4) is 0 Å². The SMILES string of the molecule is COc1ccc(CCCC(=O)Nc2ccccc2Cl)cc1C. The second-order valence-corrected chi connectivity index (χ2v) is 5.59. The number of hydrogen-bond donors (Lipinski definition) is 1. The van der Waals surface area contributed by atoms with Gasteiger partial charge in [0, 0.05) is 6.42 Å². The molecule has 2 rings (SSSR count). The van der Waals surface area contributed by atoms with Gasteiger partial charge in [-0.3, -0.25) is 4.79 Å². The van der Waals surface area contributed by atoms with E-state index < -0.39 is 0 Å². The molecule has 0 aliphatic heterocycles. The van der Waals surface area contributed by atoms with Gasteiger partial charge in [0.2, 0.25) is 5.91 Å². The fourth-order valence-electron chi connectivity index (χ4n) is 2.32. The number of ether oxygens (including phenoxy) is 1. The third-order valence-corrected chi connectivity index (χ3v) is 3.81. The number of rotatable bonds is 6. The van der Waals surface area contributed by atoms with Crippen molar-refractivity contribution < 1.29 is 9.53 Å². The maximum atomic E-state index is 11.9. The summed E-state index contributed by atoms with van der Waals surface area (Å²) in [5, 5.41) is 3.39. The fraction of sp³-hybridized carbons (Fsp3) is 0.278. The summed E-state index contributed by atoms with van der Waals surface area (Å²) in [6.45, 7) is 2.02. The maximum Gasteiger partial charge on any atom is 0.224 e. The summed E-state index contributed by atoms with van der Waals surface area (Å²) in [5.74, 6) is 0.874. The minimum absolute atomic E-state index is 0.0154. The maximum absolute atomic E-state index is 11.9. The van der Waals surface area contributed by atoms with Crippen LogP contribution >= 0.6 is 11.6 Å². The Balaban J connectivity index is 1.82. The van der Waals surface area contributed by atoms with E-state index in [0.717, 1.165) is 24.2 Å². The van der Waals surface area contributed by atoms with E-state index in [9.17, 15) is 4.79 Å². The first kappa shape index (κ1) is 16.4. The molecule has 0 radical (unpaired) electrons. The van der Waals surface area contributed by atoms with Crippen molar-refractivity contribution in [3.05, 3.63) is 58.6 Å². The van der Waals surface area contributed by atoms with E-state index >= 15 is 0 Å². The molecule has 1 N–H and O–H groups in total. The molecule has 22 heavy (non-hydrogen) atoms. The number of benzene rings is 2. The lowest BCUT2D eigenvalue weighted by Crippen LogP contribution is -2.11. The average Bonchev–Trinajstić information content (AvgIpc) is 2.50. The Bertz CT molecular complexity index is 655. The lowest BCUT2D eigenvalue weighted by Gasteiger charge is -2.08. The van der Waals surface area contributed by atoms with Crippen LogP contribution in [0.2, 0.25) is 5.02 Å². The number of amides is 1. The molecule has 0 saturated heterocycles. The van der Waals surface area contributed by atoms with Gasteiger partial charge in [-0.1, -0.05) is 35.9 Å². The summed E-state index contributed by atoms with van der Waals surface area (Å²) in [4.78, 5) is 11.9. The molecular weight excluding hydrogens is 298 g/mol. The van der Waals surface area contributed by atoms with Gasteiger partial charge in [-0.15, -0.1) is 0 Å². The highest BCUT2D eigenvalue weighted by Gasteiger charge is 2.06. The van der Waals surface area contributed by atoms with Crippen molar-refractivity contribution in [1.82, 2.24) is 0 Å². The third kappa shape index (κ3) is 4.50. The number of hydrogen-bond acceptors (Lipinski definition) is 2. The molecule has 0 aliphatic rings. The fourth-order valence-corrected chi connectivity index (χ4v) is 2.51. The monoisotopic (exact) mass is 317 g/mol. The highest BCUT2D eigenvalue weighted by atomic mass is 35.5. The lowest BCUT2D eigenvalue weighted by molar-refractivity contribution is -0.116. The smallest absolute Gasteiger partial charge is 0.224 e. The van der Waals surface area contributed by atoms with E-state index in [0.29, 0.717) is 17.1 Å². The number of anilines is 1. The van der Waals surface area contributed by atoms with E-state index in [4.69, 9.17) is 16.3 Å². The van der Waals surface area contributed by atoms with Crippen LogP contribution in [0.4, 0.5) is 5.69 Å². The number of aryl methyl sites for hydroxylation is 2. The first-order valence-corrected chi connectivity index (χ1v) is 7.66. The van der Waals surface area contributed by atoms with Crippen LogP contribution in [-0.4, -0.2) is 13.0 Å². The summed E-state index contributed by atoms with van der Waals surface area (Å²) in [7, 11) is 1.67. The van der Waals surface area contributed by atoms with Crippen molar-refractivity contribution in [3.8, 4) is 5.75 Å². The molecule has 116 valence electrons. The van der Waals surface area contributed by atoms with E-state index in [1.54, 1.807) is 19.2 Å². The summed E-state index contributed by atoms with van der Waals surface area (Å²) in [5.41, 5.74) is 2.99. The molecule has 2 aromatic rings. The Morgan fingerprint density at radius 3 is 2.68 bits per heavy atom. The molecule has 0 fully saturated rings. The Morgan fingerprint density at radius 1 is 1.23 bits per heavy atom. The summed E-state index contributed by atoms with van der Waals surface area (Å²) in [6, 6.07) is 13.4. The Hall–Kier alpha value is -2.00. The van der Waals surface area contributed by atoms with E-state index in [-0.39, 0.29) is 5.91 Å². The van der Waals surface area contributed by atoms with Crippen LogP contribution in [0.5, 0.6) is 5.75 Å². The number of carbonyl (C=O) groups is 1. The first-order valence-electron chi connectivity index (χ1n) is 7.28. The van der Waals surface area contributed by atoms with Gasteiger partial charge in [-0.25, -0.2) is 0 Å². The normalized spacial score (nSPS) is 10.3. The molecule has 0 aliphatic carbocycles. The van der Waals surface area contributed by atoms with Crippen LogP contribution in [-0.2, 0) is 11.2 Å². The van der Waals surface area contributed by atoms with Crippen LogP contribution in [0, 0.1) is 6.92 Å². The topological polar surface area (TPSA) is 38.3 Å². The minimum atomic E-state index is -0.0154. The van der Waals surface area contributed by atoms with Crippen molar-refractivity contribution in [2.24, 2.45) is 0 Å². The van der Waals surface area contributed by atoms with E-state index in [1.165, 1.54) is 5.56 Å². The number of para-hydroxylation sites is 1. The first-order chi connectivity index (χ1) is 10.6. The number of nitrogens with one attached hydrogen (secondary N) is 1. The lowest BCUT2D eigenvalue weighted by atomic mass is 10.0. The molecule has 0 spiro atoms. The highest BCUT2D eigenvalue weighted by Crippen LogP contribution is 2.21.